The number of nitrogens with zero attached hydrogens (tertiary/aromatic N) is 3. The van der Waals surface area contributed by atoms with Gasteiger partial charge in [0.1, 0.15) is 5.71 Å². The summed E-state index contributed by atoms with van der Waals surface area (Å²) in [6.45, 7) is 1.37. The molecule has 0 aliphatic carbocycles. The Bertz CT molecular complexity index is 609. The summed E-state index contributed by atoms with van der Waals surface area (Å²) in [5, 5.41) is 5.41. The molecule has 1 aromatic rings. The van der Waals surface area contributed by atoms with Crippen LogP contribution >= 0.6 is 0 Å². The van der Waals surface area contributed by atoms with Gasteiger partial charge in [0.05, 0.1) is 0 Å². The number of hydrogen-bond acceptors (Lipinski definition) is 3. The van der Waals surface area contributed by atoms with E-state index in [0.29, 0.717) is 25.1 Å². The monoisotopic (exact) mass is 285 g/mol. The number of fused-ring (bicyclic) bond motifs is 1. The van der Waals surface area contributed by atoms with E-state index in [1.165, 1.54) is 16.1 Å². The van der Waals surface area contributed by atoms with Crippen LogP contribution in [0.3, 0.4) is 0 Å². The van der Waals surface area contributed by atoms with Crippen molar-refractivity contribution in [2.75, 3.05) is 13.6 Å². The summed E-state index contributed by atoms with van der Waals surface area (Å²) in [5.41, 5.74) is 3.03. The molecule has 5 nitrogen and oxygen atoms in total. The van der Waals surface area contributed by atoms with E-state index in [1.54, 1.807) is 7.05 Å². The first-order chi connectivity index (χ1) is 10.1. The van der Waals surface area contributed by atoms with Crippen molar-refractivity contribution in [1.29, 1.82) is 0 Å². The Hall–Kier alpha value is -2.17. The highest BCUT2D eigenvalue weighted by Crippen LogP contribution is 2.19. The fraction of sp³-hybridized carbons (Fsp3) is 0.438. The minimum Gasteiger partial charge on any atom is -0.333 e. The van der Waals surface area contributed by atoms with Crippen molar-refractivity contribution in [1.82, 2.24) is 9.91 Å². The fourth-order valence-electron chi connectivity index (χ4n) is 2.88. The number of carbonyl (C=O) groups excluding carboxylic acids is 2. The normalized spacial score (nSPS) is 18.9. The van der Waals surface area contributed by atoms with Gasteiger partial charge in [-0.1, -0.05) is 24.3 Å². The molecule has 2 aliphatic heterocycles. The van der Waals surface area contributed by atoms with Gasteiger partial charge in [-0.05, 0) is 24.0 Å². The third-order valence-corrected chi connectivity index (χ3v) is 4.10. The number of amides is 2. The molecule has 0 fully saturated rings. The lowest BCUT2D eigenvalue weighted by atomic mass is 10.0. The van der Waals surface area contributed by atoms with Gasteiger partial charge >= 0.3 is 0 Å². The molecule has 0 spiro atoms. The summed E-state index contributed by atoms with van der Waals surface area (Å²) < 4.78 is 0. The number of hydrazone groups is 1. The van der Waals surface area contributed by atoms with Crippen molar-refractivity contribution in [2.45, 2.75) is 32.2 Å². The summed E-state index contributed by atoms with van der Waals surface area (Å²) >= 11 is 0. The highest BCUT2D eigenvalue weighted by atomic mass is 16.2. The lowest BCUT2D eigenvalue weighted by Gasteiger charge is -2.25. The molecule has 0 atom stereocenters. The molecule has 0 saturated heterocycles. The lowest BCUT2D eigenvalue weighted by Crippen LogP contribution is -2.40. The van der Waals surface area contributed by atoms with Crippen molar-refractivity contribution in [3.05, 3.63) is 35.4 Å². The van der Waals surface area contributed by atoms with Crippen LogP contribution < -0.4 is 0 Å². The number of benzene rings is 1. The van der Waals surface area contributed by atoms with Crippen LogP contribution in [0.1, 0.15) is 30.4 Å². The molecule has 0 N–H and O–H groups in total. The predicted octanol–water partition coefficient (Wildman–Crippen LogP) is 1.57. The van der Waals surface area contributed by atoms with Gasteiger partial charge in [-0.15, -0.1) is 0 Å². The van der Waals surface area contributed by atoms with Gasteiger partial charge in [0.15, 0.2) is 0 Å². The standard InChI is InChI=1S/C16H19N3O2/c1-18-15(20)9-8-14(17-18)16(21)19-10-4-7-12-5-2-3-6-13(12)11-19/h2-3,5-6H,4,7-11H2,1H3. The van der Waals surface area contributed by atoms with Crippen LogP contribution in [-0.2, 0) is 22.6 Å². The third-order valence-electron chi connectivity index (χ3n) is 4.10. The molecular weight excluding hydrogens is 266 g/mol. The maximum atomic E-state index is 12.6. The molecule has 0 aromatic heterocycles. The number of hydrogen-bond donors (Lipinski definition) is 0. The second-order valence-corrected chi connectivity index (χ2v) is 5.56. The zero-order chi connectivity index (χ0) is 14.8. The van der Waals surface area contributed by atoms with Crippen molar-refractivity contribution < 1.29 is 9.59 Å². The molecule has 0 bridgehead atoms. The molecule has 0 radical (unpaired) electrons. The number of aryl methyl sites for hydroxylation is 1. The molecule has 110 valence electrons. The second kappa shape index (κ2) is 5.68. The Labute approximate surface area is 124 Å². The van der Waals surface area contributed by atoms with Gasteiger partial charge in [0, 0.05) is 33.0 Å². The van der Waals surface area contributed by atoms with E-state index in [2.05, 4.69) is 17.2 Å². The van der Waals surface area contributed by atoms with Crippen molar-refractivity contribution in [3.8, 4) is 0 Å². The van der Waals surface area contributed by atoms with E-state index in [1.807, 2.05) is 17.0 Å². The van der Waals surface area contributed by atoms with Gasteiger partial charge < -0.3 is 4.90 Å². The van der Waals surface area contributed by atoms with E-state index < -0.39 is 0 Å². The van der Waals surface area contributed by atoms with E-state index in [-0.39, 0.29) is 11.8 Å². The molecular formula is C16H19N3O2. The van der Waals surface area contributed by atoms with Gasteiger partial charge in [0.25, 0.3) is 5.91 Å². The van der Waals surface area contributed by atoms with E-state index in [9.17, 15) is 9.59 Å². The Morgan fingerprint density at radius 1 is 1.14 bits per heavy atom. The summed E-state index contributed by atoms with van der Waals surface area (Å²) in [7, 11) is 1.60. The Kier molecular flexibility index (Phi) is 3.73. The molecule has 2 amide bonds. The second-order valence-electron chi connectivity index (χ2n) is 5.56. The smallest absolute Gasteiger partial charge is 0.270 e. The summed E-state index contributed by atoms with van der Waals surface area (Å²) in [4.78, 5) is 25.9. The van der Waals surface area contributed by atoms with Gasteiger partial charge in [-0.3, -0.25) is 9.59 Å². The fourth-order valence-corrected chi connectivity index (χ4v) is 2.88. The predicted molar refractivity (Wildman–Crippen MR) is 79.6 cm³/mol. The Morgan fingerprint density at radius 2 is 1.90 bits per heavy atom. The van der Waals surface area contributed by atoms with Gasteiger partial charge in [-0.25, -0.2) is 5.01 Å². The minimum absolute atomic E-state index is 0.0345. The topological polar surface area (TPSA) is 53.0 Å². The first-order valence-electron chi connectivity index (χ1n) is 7.35. The van der Waals surface area contributed by atoms with E-state index >= 15 is 0 Å². The maximum Gasteiger partial charge on any atom is 0.270 e. The van der Waals surface area contributed by atoms with Crippen LogP contribution in [0.4, 0.5) is 0 Å². The van der Waals surface area contributed by atoms with E-state index in [0.717, 1.165) is 19.4 Å². The van der Waals surface area contributed by atoms with E-state index in [4.69, 9.17) is 0 Å². The average molecular weight is 285 g/mol. The van der Waals surface area contributed by atoms with Crippen LogP contribution in [0.15, 0.2) is 29.4 Å². The molecule has 21 heavy (non-hydrogen) atoms. The third kappa shape index (κ3) is 2.82. The van der Waals surface area contributed by atoms with Crippen LogP contribution in [0.5, 0.6) is 0 Å². The first-order valence-corrected chi connectivity index (χ1v) is 7.35. The highest BCUT2D eigenvalue weighted by molar-refractivity contribution is 6.39. The van der Waals surface area contributed by atoms with Crippen LogP contribution in [0, 0.1) is 0 Å². The zero-order valence-electron chi connectivity index (χ0n) is 12.2. The van der Waals surface area contributed by atoms with Crippen LogP contribution in [-0.4, -0.2) is 41.0 Å². The van der Waals surface area contributed by atoms with Crippen LogP contribution in [0.2, 0.25) is 0 Å². The van der Waals surface area contributed by atoms with Gasteiger partial charge in [0.2, 0.25) is 5.91 Å². The van der Waals surface area contributed by atoms with Crippen LogP contribution in [0.25, 0.3) is 0 Å². The summed E-state index contributed by atoms with van der Waals surface area (Å²) in [6, 6.07) is 8.27. The summed E-state index contributed by atoms with van der Waals surface area (Å²) in [5.74, 6) is -0.0705. The Morgan fingerprint density at radius 3 is 2.67 bits per heavy atom. The maximum absolute atomic E-state index is 12.6. The molecule has 2 aliphatic rings. The average Bonchev–Trinajstić information content (AvgIpc) is 2.71. The number of rotatable bonds is 1. The SMILES string of the molecule is CN1N=C(C(=O)N2CCCc3ccccc3C2)CCC1=O. The zero-order valence-corrected chi connectivity index (χ0v) is 12.2. The molecule has 0 saturated carbocycles. The van der Waals surface area contributed by atoms with Gasteiger partial charge in [-0.2, -0.15) is 5.10 Å². The number of carbonyl (C=O) groups is 2. The highest BCUT2D eigenvalue weighted by Gasteiger charge is 2.27. The molecule has 5 heteroatoms. The summed E-state index contributed by atoms with van der Waals surface area (Å²) in [6.07, 6.45) is 2.78. The van der Waals surface area contributed by atoms with Crippen molar-refractivity contribution in [2.24, 2.45) is 5.10 Å². The molecule has 3 rings (SSSR count). The van der Waals surface area contributed by atoms with Crippen molar-refractivity contribution in [3.63, 3.8) is 0 Å². The Balaban J connectivity index is 1.79. The minimum atomic E-state index is -0.0361. The molecule has 1 aromatic carbocycles. The lowest BCUT2D eigenvalue weighted by molar-refractivity contribution is -0.130. The van der Waals surface area contributed by atoms with Crippen molar-refractivity contribution >= 4 is 17.5 Å². The molecule has 2 heterocycles. The largest absolute Gasteiger partial charge is 0.333 e. The molecule has 0 unspecified atom stereocenters. The quantitative estimate of drug-likeness (QED) is 0.786. The first kappa shape index (κ1) is 13.8.